The number of benzene rings is 3. The van der Waals surface area contributed by atoms with Crippen LogP contribution in [-0.2, 0) is 9.53 Å². The summed E-state index contributed by atoms with van der Waals surface area (Å²) in [5.41, 5.74) is 9.34. The smallest absolute Gasteiger partial charge is 0.435 e. The lowest BCUT2D eigenvalue weighted by Crippen LogP contribution is -2.15. The second-order valence-corrected chi connectivity index (χ2v) is 8.72. The SMILES string of the molecule is CCCCOC(=O)n1ncc2cc(Nc3nc(-c4cccc(N)c4)nc4ccc(OC(C)=O)cc34)ccc21. The highest BCUT2D eigenvalue weighted by atomic mass is 16.6. The first-order valence-corrected chi connectivity index (χ1v) is 12.2. The van der Waals surface area contributed by atoms with E-state index in [1.807, 2.05) is 31.2 Å². The molecule has 0 aliphatic carbocycles. The molecule has 0 unspecified atom stereocenters. The number of nitrogens with two attached hydrogens (primary N) is 1. The third-order valence-electron chi connectivity index (χ3n) is 5.80. The molecule has 5 aromatic rings. The Balaban J connectivity index is 1.53. The lowest BCUT2D eigenvalue weighted by Gasteiger charge is -2.13. The average Bonchev–Trinajstić information content (AvgIpc) is 3.32. The summed E-state index contributed by atoms with van der Waals surface area (Å²) in [6.45, 7) is 3.72. The second-order valence-electron chi connectivity index (χ2n) is 8.72. The van der Waals surface area contributed by atoms with E-state index in [0.29, 0.717) is 51.8 Å². The zero-order valence-electron chi connectivity index (χ0n) is 21.0. The van der Waals surface area contributed by atoms with E-state index in [2.05, 4.69) is 10.4 Å². The van der Waals surface area contributed by atoms with Crippen molar-refractivity contribution in [3.05, 3.63) is 66.9 Å². The summed E-state index contributed by atoms with van der Waals surface area (Å²) in [6.07, 6.45) is 2.82. The van der Waals surface area contributed by atoms with Gasteiger partial charge in [0.15, 0.2) is 5.82 Å². The molecule has 2 heterocycles. The van der Waals surface area contributed by atoms with Gasteiger partial charge in [0.2, 0.25) is 0 Å². The summed E-state index contributed by atoms with van der Waals surface area (Å²) in [6, 6.07) is 18.0. The van der Waals surface area contributed by atoms with Crippen molar-refractivity contribution in [3.63, 3.8) is 0 Å². The Hall–Kier alpha value is -4.99. The van der Waals surface area contributed by atoms with E-state index in [0.717, 1.165) is 23.8 Å². The summed E-state index contributed by atoms with van der Waals surface area (Å²) < 4.78 is 11.8. The van der Waals surface area contributed by atoms with E-state index >= 15 is 0 Å². The number of rotatable bonds is 7. The summed E-state index contributed by atoms with van der Waals surface area (Å²) in [7, 11) is 0. The monoisotopic (exact) mass is 510 g/mol. The fourth-order valence-electron chi connectivity index (χ4n) is 4.00. The molecule has 0 fully saturated rings. The molecule has 0 spiro atoms. The van der Waals surface area contributed by atoms with Crippen LogP contribution >= 0.6 is 0 Å². The number of ether oxygens (including phenoxy) is 2. The van der Waals surface area contributed by atoms with Crippen molar-refractivity contribution in [1.82, 2.24) is 19.7 Å². The van der Waals surface area contributed by atoms with Crippen LogP contribution in [0, 0.1) is 0 Å². The number of unbranched alkanes of at least 4 members (excludes halogenated alkanes) is 1. The Morgan fingerprint density at radius 2 is 1.92 bits per heavy atom. The maximum Gasteiger partial charge on any atom is 0.435 e. The number of nitrogens with one attached hydrogen (secondary N) is 1. The maximum atomic E-state index is 12.4. The molecule has 2 aromatic heterocycles. The van der Waals surface area contributed by atoms with Crippen molar-refractivity contribution in [3.8, 4) is 17.1 Å². The molecule has 5 rings (SSSR count). The van der Waals surface area contributed by atoms with E-state index in [1.165, 1.54) is 11.6 Å². The number of anilines is 3. The van der Waals surface area contributed by atoms with Gasteiger partial charge in [0.25, 0.3) is 0 Å². The number of nitrogens with zero attached hydrogens (tertiary/aromatic N) is 4. The molecule has 0 aliphatic heterocycles. The van der Waals surface area contributed by atoms with Crippen LogP contribution in [0.2, 0.25) is 0 Å². The molecule has 0 bridgehead atoms. The van der Waals surface area contributed by atoms with Gasteiger partial charge >= 0.3 is 12.1 Å². The van der Waals surface area contributed by atoms with Crippen LogP contribution in [0.15, 0.2) is 66.9 Å². The van der Waals surface area contributed by atoms with Crippen molar-refractivity contribution in [2.75, 3.05) is 17.7 Å². The molecule has 3 N–H and O–H groups in total. The second kappa shape index (κ2) is 10.6. The number of aromatic nitrogens is 4. The van der Waals surface area contributed by atoms with Crippen LogP contribution in [-0.4, -0.2) is 38.4 Å². The van der Waals surface area contributed by atoms with Crippen molar-refractivity contribution >= 4 is 51.1 Å². The molecule has 10 nitrogen and oxygen atoms in total. The van der Waals surface area contributed by atoms with Crippen LogP contribution in [0.1, 0.15) is 26.7 Å². The Bertz CT molecular complexity index is 1660. The highest BCUT2D eigenvalue weighted by Gasteiger charge is 2.15. The summed E-state index contributed by atoms with van der Waals surface area (Å²) in [5.74, 6) is 0.946. The van der Waals surface area contributed by atoms with Crippen molar-refractivity contribution in [2.45, 2.75) is 26.7 Å². The normalized spacial score (nSPS) is 11.0. The van der Waals surface area contributed by atoms with Gasteiger partial charge in [0.1, 0.15) is 11.6 Å². The average molecular weight is 511 g/mol. The van der Waals surface area contributed by atoms with Gasteiger partial charge in [-0.25, -0.2) is 14.8 Å². The molecule has 38 heavy (non-hydrogen) atoms. The molecule has 0 radical (unpaired) electrons. The minimum atomic E-state index is -0.513. The molecular weight excluding hydrogens is 484 g/mol. The van der Waals surface area contributed by atoms with Gasteiger partial charge in [0.05, 0.1) is 23.8 Å². The fourth-order valence-corrected chi connectivity index (χ4v) is 4.00. The zero-order valence-corrected chi connectivity index (χ0v) is 21.0. The lowest BCUT2D eigenvalue weighted by atomic mass is 10.1. The van der Waals surface area contributed by atoms with Crippen molar-refractivity contribution in [2.24, 2.45) is 0 Å². The maximum absolute atomic E-state index is 12.4. The zero-order chi connectivity index (χ0) is 26.6. The molecule has 0 saturated heterocycles. The number of esters is 1. The third kappa shape index (κ3) is 5.24. The third-order valence-corrected chi connectivity index (χ3v) is 5.80. The molecule has 0 atom stereocenters. The Morgan fingerprint density at radius 3 is 2.71 bits per heavy atom. The molecule has 0 saturated carbocycles. The Morgan fingerprint density at radius 1 is 1.05 bits per heavy atom. The van der Waals surface area contributed by atoms with Gasteiger partial charge < -0.3 is 20.5 Å². The van der Waals surface area contributed by atoms with E-state index in [4.69, 9.17) is 25.2 Å². The predicted octanol–water partition coefficient (Wildman–Crippen LogP) is 5.68. The molecule has 10 heteroatoms. The van der Waals surface area contributed by atoms with Crippen LogP contribution < -0.4 is 15.8 Å². The molecule has 0 aliphatic rings. The highest BCUT2D eigenvalue weighted by molar-refractivity contribution is 5.95. The highest BCUT2D eigenvalue weighted by Crippen LogP contribution is 2.31. The number of fused-ring (bicyclic) bond motifs is 2. The van der Waals surface area contributed by atoms with Crippen LogP contribution in [0.5, 0.6) is 5.75 Å². The minimum absolute atomic E-state index is 0.349. The predicted molar refractivity (Wildman–Crippen MR) is 145 cm³/mol. The standard InChI is InChI=1S/C28H26N6O4/c1-3-4-12-37-28(36)34-25-11-8-21(14-19(25)16-30-34)31-27-23-15-22(38-17(2)35)9-10-24(23)32-26(33-27)18-6-5-7-20(29)13-18/h5-11,13-16H,3-4,12,29H2,1-2H3,(H,31,32,33). The van der Waals surface area contributed by atoms with E-state index < -0.39 is 12.1 Å². The molecular formula is C28H26N6O4. The van der Waals surface area contributed by atoms with E-state index in [-0.39, 0.29) is 0 Å². The number of carbonyl (C=O) groups excluding carboxylic acids is 2. The topological polar surface area (TPSA) is 134 Å². The van der Waals surface area contributed by atoms with E-state index in [1.54, 1.807) is 42.6 Å². The lowest BCUT2D eigenvalue weighted by molar-refractivity contribution is -0.131. The summed E-state index contributed by atoms with van der Waals surface area (Å²) in [5, 5.41) is 8.96. The van der Waals surface area contributed by atoms with Gasteiger partial charge in [-0.15, -0.1) is 0 Å². The Labute approximate surface area is 218 Å². The number of hydrogen-bond acceptors (Lipinski definition) is 9. The van der Waals surface area contributed by atoms with Gasteiger partial charge in [-0.2, -0.15) is 9.78 Å². The fraction of sp³-hybridized carbons (Fsp3) is 0.179. The molecule has 3 aromatic carbocycles. The molecule has 0 amide bonds. The quantitative estimate of drug-likeness (QED) is 0.123. The van der Waals surface area contributed by atoms with Crippen molar-refractivity contribution < 1.29 is 19.1 Å². The number of carbonyl (C=O) groups is 2. The van der Waals surface area contributed by atoms with Gasteiger partial charge in [-0.05, 0) is 55.0 Å². The largest absolute Gasteiger partial charge is 0.448 e. The first-order chi connectivity index (χ1) is 18.4. The molecule has 192 valence electrons. The van der Waals surface area contributed by atoms with Gasteiger partial charge in [-0.3, -0.25) is 4.79 Å². The number of nitrogen functional groups attached to an aromatic ring is 1. The van der Waals surface area contributed by atoms with Gasteiger partial charge in [-0.1, -0.05) is 25.5 Å². The van der Waals surface area contributed by atoms with Gasteiger partial charge in [0, 0.05) is 34.6 Å². The Kier molecular flexibility index (Phi) is 6.86. The van der Waals surface area contributed by atoms with Crippen LogP contribution in [0.4, 0.5) is 22.0 Å². The summed E-state index contributed by atoms with van der Waals surface area (Å²) >= 11 is 0. The van der Waals surface area contributed by atoms with E-state index in [9.17, 15) is 9.59 Å². The first kappa shape index (κ1) is 24.7. The van der Waals surface area contributed by atoms with Crippen LogP contribution in [0.25, 0.3) is 33.2 Å². The first-order valence-electron chi connectivity index (χ1n) is 12.2. The van der Waals surface area contributed by atoms with Crippen molar-refractivity contribution in [1.29, 1.82) is 0 Å². The van der Waals surface area contributed by atoms with Crippen LogP contribution in [0.3, 0.4) is 0 Å². The number of hydrogen-bond donors (Lipinski definition) is 2. The minimum Gasteiger partial charge on any atom is -0.448 e. The summed E-state index contributed by atoms with van der Waals surface area (Å²) in [4.78, 5) is 33.4.